The van der Waals surface area contributed by atoms with Crippen LogP contribution in [0.2, 0.25) is 0 Å². The number of methoxy groups -OCH3 is 1. The first kappa shape index (κ1) is 13.0. The van der Waals surface area contributed by atoms with Crippen LogP contribution < -0.4 is 5.32 Å². The summed E-state index contributed by atoms with van der Waals surface area (Å²) in [6.07, 6.45) is 0. The minimum Gasteiger partial charge on any atom is -0.464 e. The molecule has 1 N–H and O–H groups in total. The van der Waals surface area contributed by atoms with Gasteiger partial charge in [0.25, 0.3) is 0 Å². The van der Waals surface area contributed by atoms with Gasteiger partial charge in [-0.2, -0.15) is 0 Å². The van der Waals surface area contributed by atoms with Crippen molar-refractivity contribution in [1.29, 1.82) is 0 Å². The Balaban J connectivity index is 1.96. The number of rotatable bonds is 4. The van der Waals surface area contributed by atoms with Gasteiger partial charge < -0.3 is 10.1 Å². The molecule has 0 fully saturated rings. The Morgan fingerprint density at radius 1 is 1.50 bits per heavy atom. The summed E-state index contributed by atoms with van der Waals surface area (Å²) < 4.78 is 5.61. The second-order valence-corrected chi connectivity index (χ2v) is 5.29. The highest BCUT2D eigenvalue weighted by Gasteiger charge is 2.07. The van der Waals surface area contributed by atoms with E-state index >= 15 is 0 Å². The highest BCUT2D eigenvalue weighted by molar-refractivity contribution is 9.10. The van der Waals surface area contributed by atoms with Crippen LogP contribution in [0.4, 0.5) is 5.82 Å². The highest BCUT2D eigenvalue weighted by atomic mass is 79.9. The van der Waals surface area contributed by atoms with E-state index in [0.717, 1.165) is 4.47 Å². The van der Waals surface area contributed by atoms with E-state index in [9.17, 15) is 4.79 Å². The number of thiophene rings is 1. The summed E-state index contributed by atoms with van der Waals surface area (Å²) in [5.74, 6) is 0.128. The number of ether oxygens (including phenoxy) is 1. The van der Waals surface area contributed by atoms with Crippen LogP contribution in [0.3, 0.4) is 0 Å². The number of hydrogen-bond acceptors (Lipinski definition) is 6. The van der Waals surface area contributed by atoms with Gasteiger partial charge in [-0.1, -0.05) is 0 Å². The zero-order valence-electron chi connectivity index (χ0n) is 9.51. The van der Waals surface area contributed by atoms with E-state index in [0.29, 0.717) is 12.4 Å². The Morgan fingerprint density at radius 2 is 2.33 bits per heavy atom. The van der Waals surface area contributed by atoms with Gasteiger partial charge in [0.2, 0.25) is 0 Å². The van der Waals surface area contributed by atoms with E-state index in [1.807, 2.05) is 11.4 Å². The van der Waals surface area contributed by atoms with Crippen molar-refractivity contribution in [3.8, 4) is 0 Å². The molecular weight excluding hydrogens is 318 g/mol. The first-order valence-corrected chi connectivity index (χ1v) is 6.75. The van der Waals surface area contributed by atoms with E-state index < -0.39 is 5.97 Å². The number of carbonyl (C=O) groups excluding carboxylic acids is 1. The number of nitrogens with one attached hydrogen (secondary N) is 1. The number of carbonyl (C=O) groups is 1. The molecule has 5 nitrogen and oxygen atoms in total. The third-order valence-electron chi connectivity index (χ3n) is 2.12. The molecule has 0 radical (unpaired) electrons. The summed E-state index contributed by atoms with van der Waals surface area (Å²) in [5, 5.41) is 12.8. The third-order valence-corrected chi connectivity index (χ3v) is 3.82. The zero-order chi connectivity index (χ0) is 13.0. The van der Waals surface area contributed by atoms with E-state index in [1.165, 1.54) is 12.0 Å². The van der Waals surface area contributed by atoms with Gasteiger partial charge in [-0.3, -0.25) is 0 Å². The third kappa shape index (κ3) is 3.27. The Morgan fingerprint density at radius 3 is 2.89 bits per heavy atom. The Hall–Kier alpha value is -1.47. The molecule has 0 aliphatic heterocycles. The fourth-order valence-electron chi connectivity index (χ4n) is 1.26. The molecule has 2 rings (SSSR count). The van der Waals surface area contributed by atoms with E-state index in [1.54, 1.807) is 23.5 Å². The molecule has 2 aromatic heterocycles. The summed E-state index contributed by atoms with van der Waals surface area (Å²) in [5.41, 5.74) is 0.196. The maximum Gasteiger partial charge on any atom is 0.358 e. The minimum atomic E-state index is -0.490. The van der Waals surface area contributed by atoms with Crippen molar-refractivity contribution in [2.24, 2.45) is 0 Å². The van der Waals surface area contributed by atoms with Crippen LogP contribution in [0, 0.1) is 0 Å². The van der Waals surface area contributed by atoms with E-state index in [-0.39, 0.29) is 5.69 Å². The highest BCUT2D eigenvalue weighted by Crippen LogP contribution is 2.20. The van der Waals surface area contributed by atoms with E-state index in [4.69, 9.17) is 0 Å². The van der Waals surface area contributed by atoms with E-state index in [2.05, 4.69) is 36.2 Å². The summed E-state index contributed by atoms with van der Waals surface area (Å²) in [4.78, 5) is 12.3. The number of esters is 1. The van der Waals surface area contributed by atoms with Crippen LogP contribution in [-0.2, 0) is 11.3 Å². The van der Waals surface area contributed by atoms with Gasteiger partial charge in [0.1, 0.15) is 5.82 Å². The topological polar surface area (TPSA) is 64.1 Å². The van der Waals surface area contributed by atoms with Crippen LogP contribution in [0.25, 0.3) is 0 Å². The zero-order valence-corrected chi connectivity index (χ0v) is 11.9. The van der Waals surface area contributed by atoms with Crippen molar-refractivity contribution in [3.63, 3.8) is 0 Å². The summed E-state index contributed by atoms with van der Waals surface area (Å²) >= 11 is 5.04. The molecule has 0 aliphatic carbocycles. The SMILES string of the molecule is COC(=O)c1ccc(NCc2cc(Br)cs2)nn1. The maximum atomic E-state index is 11.2. The summed E-state index contributed by atoms with van der Waals surface area (Å²) in [6.45, 7) is 0.669. The molecule has 7 heteroatoms. The quantitative estimate of drug-likeness (QED) is 0.875. The van der Waals surface area contributed by atoms with Crippen LogP contribution in [0.5, 0.6) is 0 Å². The lowest BCUT2D eigenvalue weighted by Gasteiger charge is -2.03. The predicted molar refractivity (Wildman–Crippen MR) is 72.7 cm³/mol. The Bertz CT molecular complexity index is 541. The maximum absolute atomic E-state index is 11.2. The van der Waals surface area contributed by atoms with Crippen molar-refractivity contribution in [1.82, 2.24) is 10.2 Å². The average molecular weight is 328 g/mol. The molecule has 0 saturated heterocycles. The lowest BCUT2D eigenvalue weighted by molar-refractivity contribution is 0.0593. The number of nitrogens with zero attached hydrogens (tertiary/aromatic N) is 2. The Labute approximate surface area is 116 Å². The van der Waals surface area contributed by atoms with Crippen LogP contribution in [-0.4, -0.2) is 23.3 Å². The first-order chi connectivity index (χ1) is 8.69. The number of halogens is 1. The Kier molecular flexibility index (Phi) is 4.27. The van der Waals surface area contributed by atoms with Gasteiger partial charge in [0.15, 0.2) is 5.69 Å². The minimum absolute atomic E-state index is 0.196. The molecule has 0 spiro atoms. The van der Waals surface area contributed by atoms with Crippen molar-refractivity contribution >= 4 is 39.1 Å². The van der Waals surface area contributed by atoms with Gasteiger partial charge in [0.05, 0.1) is 13.7 Å². The van der Waals surface area contributed by atoms with Crippen LogP contribution >= 0.6 is 27.3 Å². The lowest BCUT2D eigenvalue weighted by atomic mass is 10.4. The largest absolute Gasteiger partial charge is 0.464 e. The second-order valence-electron chi connectivity index (χ2n) is 3.38. The van der Waals surface area contributed by atoms with Gasteiger partial charge in [0, 0.05) is 14.7 Å². The number of anilines is 1. The molecule has 0 aromatic carbocycles. The first-order valence-electron chi connectivity index (χ1n) is 5.08. The van der Waals surface area contributed by atoms with Crippen LogP contribution in [0.15, 0.2) is 28.1 Å². The molecule has 18 heavy (non-hydrogen) atoms. The predicted octanol–water partition coefficient (Wildman–Crippen LogP) is 2.70. The van der Waals surface area contributed by atoms with Gasteiger partial charge in [-0.15, -0.1) is 21.5 Å². The van der Waals surface area contributed by atoms with Crippen molar-refractivity contribution in [2.45, 2.75) is 6.54 Å². The molecule has 94 valence electrons. The van der Waals surface area contributed by atoms with Gasteiger partial charge >= 0.3 is 5.97 Å². The van der Waals surface area contributed by atoms with Gasteiger partial charge in [-0.05, 0) is 34.1 Å². The van der Waals surface area contributed by atoms with Crippen molar-refractivity contribution < 1.29 is 9.53 Å². The smallest absolute Gasteiger partial charge is 0.358 e. The molecular formula is C11H10BrN3O2S. The van der Waals surface area contributed by atoms with Crippen molar-refractivity contribution in [3.05, 3.63) is 38.6 Å². The van der Waals surface area contributed by atoms with Gasteiger partial charge in [-0.25, -0.2) is 4.79 Å². The fraction of sp³-hybridized carbons (Fsp3) is 0.182. The molecule has 0 amide bonds. The fourth-order valence-corrected chi connectivity index (χ4v) is 2.65. The standard InChI is InChI=1S/C11H10BrN3O2S/c1-17-11(16)9-2-3-10(15-14-9)13-5-8-4-7(12)6-18-8/h2-4,6H,5H2,1H3,(H,13,15). The molecule has 0 saturated carbocycles. The molecule has 2 aromatic rings. The normalized spacial score (nSPS) is 10.1. The average Bonchev–Trinajstić information content (AvgIpc) is 2.82. The molecule has 2 heterocycles. The lowest BCUT2D eigenvalue weighted by Crippen LogP contribution is -2.07. The second kappa shape index (κ2) is 5.92. The molecule has 0 unspecified atom stereocenters. The number of aromatic nitrogens is 2. The molecule has 0 aliphatic rings. The van der Waals surface area contributed by atoms with Crippen LogP contribution in [0.1, 0.15) is 15.4 Å². The molecule has 0 bridgehead atoms. The summed E-state index contributed by atoms with van der Waals surface area (Å²) in [6, 6.07) is 5.31. The summed E-state index contributed by atoms with van der Waals surface area (Å²) in [7, 11) is 1.31. The monoisotopic (exact) mass is 327 g/mol. The van der Waals surface area contributed by atoms with Crippen molar-refractivity contribution in [2.75, 3.05) is 12.4 Å². The number of hydrogen-bond donors (Lipinski definition) is 1. The molecule has 0 atom stereocenters.